The standard InChI is InChI=1S/C22H27N3O3.ClH/c23-12-14-25(13-11-17-5-2-1-3-6-17)21(26)16-28-20-8-4-7-19(15-20)24-22(27)18-9-10-18;/h1-8,15,18H,9-14,16,23H2,(H,24,27);1H. The van der Waals surface area contributed by atoms with Crippen LogP contribution in [0.25, 0.3) is 0 Å². The smallest absolute Gasteiger partial charge is 0.260 e. The number of nitrogens with one attached hydrogen (secondary N) is 1. The predicted molar refractivity (Wildman–Crippen MR) is 116 cm³/mol. The molecule has 0 heterocycles. The van der Waals surface area contributed by atoms with E-state index >= 15 is 0 Å². The van der Waals surface area contributed by atoms with Gasteiger partial charge >= 0.3 is 0 Å². The Morgan fingerprint density at radius 2 is 1.83 bits per heavy atom. The molecule has 3 N–H and O–H groups in total. The average molecular weight is 418 g/mol. The zero-order chi connectivity index (χ0) is 19.8. The van der Waals surface area contributed by atoms with Crippen molar-refractivity contribution in [1.82, 2.24) is 4.90 Å². The van der Waals surface area contributed by atoms with E-state index in [1.807, 2.05) is 36.4 Å². The first-order valence-corrected chi connectivity index (χ1v) is 9.71. The number of rotatable bonds is 10. The monoisotopic (exact) mass is 417 g/mol. The molecule has 1 saturated carbocycles. The number of nitrogens with zero attached hydrogens (tertiary/aromatic N) is 1. The van der Waals surface area contributed by atoms with Crippen molar-refractivity contribution in [3.63, 3.8) is 0 Å². The van der Waals surface area contributed by atoms with E-state index in [0.29, 0.717) is 31.1 Å². The Labute approximate surface area is 177 Å². The van der Waals surface area contributed by atoms with Crippen LogP contribution in [0.2, 0.25) is 0 Å². The second kappa shape index (κ2) is 11.4. The fourth-order valence-corrected chi connectivity index (χ4v) is 2.92. The van der Waals surface area contributed by atoms with Gasteiger partial charge in [-0.2, -0.15) is 0 Å². The Balaban J connectivity index is 0.00000300. The highest BCUT2D eigenvalue weighted by molar-refractivity contribution is 5.94. The van der Waals surface area contributed by atoms with Crippen LogP contribution in [0.4, 0.5) is 5.69 Å². The number of hydrogen-bond donors (Lipinski definition) is 2. The fourth-order valence-electron chi connectivity index (χ4n) is 2.92. The molecule has 0 atom stereocenters. The lowest BCUT2D eigenvalue weighted by Crippen LogP contribution is -2.39. The van der Waals surface area contributed by atoms with E-state index in [1.165, 1.54) is 5.56 Å². The lowest BCUT2D eigenvalue weighted by Gasteiger charge is -2.22. The summed E-state index contributed by atoms with van der Waals surface area (Å²) in [5, 5.41) is 2.88. The first-order chi connectivity index (χ1) is 13.7. The van der Waals surface area contributed by atoms with E-state index in [4.69, 9.17) is 10.5 Å². The van der Waals surface area contributed by atoms with Crippen LogP contribution in [0.15, 0.2) is 54.6 Å². The van der Waals surface area contributed by atoms with Crippen molar-refractivity contribution in [1.29, 1.82) is 0 Å². The summed E-state index contributed by atoms with van der Waals surface area (Å²) < 4.78 is 5.66. The first kappa shape index (κ1) is 22.7. The van der Waals surface area contributed by atoms with Gasteiger partial charge in [-0.15, -0.1) is 12.4 Å². The Morgan fingerprint density at radius 1 is 1.07 bits per heavy atom. The van der Waals surface area contributed by atoms with Gasteiger partial charge in [-0.25, -0.2) is 0 Å². The summed E-state index contributed by atoms with van der Waals surface area (Å²) in [4.78, 5) is 26.2. The SMILES string of the molecule is Cl.NCCN(CCc1ccccc1)C(=O)COc1cccc(NC(=O)C2CC2)c1. The third-order valence-electron chi connectivity index (χ3n) is 4.68. The molecule has 0 aromatic heterocycles. The minimum atomic E-state index is -0.103. The third-order valence-corrected chi connectivity index (χ3v) is 4.68. The lowest BCUT2D eigenvalue weighted by atomic mass is 10.1. The topological polar surface area (TPSA) is 84.7 Å². The second-order valence-electron chi connectivity index (χ2n) is 6.99. The van der Waals surface area contributed by atoms with Crippen molar-refractivity contribution in [2.75, 3.05) is 31.6 Å². The van der Waals surface area contributed by atoms with Crippen LogP contribution in [0, 0.1) is 5.92 Å². The zero-order valence-electron chi connectivity index (χ0n) is 16.4. The molecule has 0 saturated heterocycles. The van der Waals surface area contributed by atoms with Gasteiger partial charge in [0.05, 0.1) is 0 Å². The van der Waals surface area contributed by atoms with E-state index in [0.717, 1.165) is 19.3 Å². The van der Waals surface area contributed by atoms with Gasteiger partial charge in [-0.3, -0.25) is 9.59 Å². The number of ether oxygens (including phenoxy) is 1. The number of carbonyl (C=O) groups excluding carboxylic acids is 2. The molecule has 29 heavy (non-hydrogen) atoms. The maximum atomic E-state index is 12.6. The van der Waals surface area contributed by atoms with Gasteiger partial charge < -0.3 is 20.7 Å². The molecular formula is C22H28ClN3O3. The van der Waals surface area contributed by atoms with E-state index in [1.54, 1.807) is 23.1 Å². The van der Waals surface area contributed by atoms with Crippen LogP contribution < -0.4 is 15.8 Å². The van der Waals surface area contributed by atoms with Crippen LogP contribution in [-0.2, 0) is 16.0 Å². The molecule has 6 nitrogen and oxygen atoms in total. The molecule has 1 aliphatic rings. The summed E-state index contributed by atoms with van der Waals surface area (Å²) in [6.45, 7) is 1.44. The van der Waals surface area contributed by atoms with Gasteiger partial charge in [0.25, 0.3) is 5.91 Å². The molecule has 0 aliphatic heterocycles. The van der Waals surface area contributed by atoms with Gasteiger partial charge in [0, 0.05) is 37.3 Å². The summed E-state index contributed by atoms with van der Waals surface area (Å²) in [5.41, 5.74) is 7.53. The van der Waals surface area contributed by atoms with Crippen LogP contribution >= 0.6 is 12.4 Å². The number of halogens is 1. The number of carbonyl (C=O) groups is 2. The summed E-state index contributed by atoms with van der Waals surface area (Å²) >= 11 is 0. The molecule has 1 fully saturated rings. The summed E-state index contributed by atoms with van der Waals surface area (Å²) in [5.74, 6) is 0.635. The van der Waals surface area contributed by atoms with E-state index < -0.39 is 0 Å². The maximum absolute atomic E-state index is 12.6. The van der Waals surface area contributed by atoms with E-state index in [9.17, 15) is 9.59 Å². The van der Waals surface area contributed by atoms with Gasteiger partial charge in [0.1, 0.15) is 5.75 Å². The van der Waals surface area contributed by atoms with Gasteiger partial charge in [0.2, 0.25) is 5.91 Å². The molecule has 3 rings (SSSR count). The Morgan fingerprint density at radius 3 is 2.52 bits per heavy atom. The van der Waals surface area contributed by atoms with Crippen LogP contribution in [0.1, 0.15) is 18.4 Å². The highest BCUT2D eigenvalue weighted by Crippen LogP contribution is 2.30. The maximum Gasteiger partial charge on any atom is 0.260 e. The second-order valence-corrected chi connectivity index (χ2v) is 6.99. The molecular weight excluding hydrogens is 390 g/mol. The largest absolute Gasteiger partial charge is 0.484 e. The van der Waals surface area contributed by atoms with Gasteiger partial charge in [-0.1, -0.05) is 36.4 Å². The average Bonchev–Trinajstić information content (AvgIpc) is 3.56. The molecule has 0 bridgehead atoms. The van der Waals surface area contributed by atoms with Crippen molar-refractivity contribution >= 4 is 29.9 Å². The van der Waals surface area contributed by atoms with Crippen LogP contribution in [0.5, 0.6) is 5.75 Å². The molecule has 156 valence electrons. The van der Waals surface area contributed by atoms with Crippen molar-refractivity contribution in [2.45, 2.75) is 19.3 Å². The Bertz CT molecular complexity index is 797. The number of benzene rings is 2. The van der Waals surface area contributed by atoms with Crippen molar-refractivity contribution in [2.24, 2.45) is 11.7 Å². The predicted octanol–water partition coefficient (Wildman–Crippen LogP) is 2.87. The Kier molecular flexibility index (Phi) is 8.96. The van der Waals surface area contributed by atoms with Gasteiger partial charge in [-0.05, 0) is 37.0 Å². The lowest BCUT2D eigenvalue weighted by molar-refractivity contribution is -0.133. The molecule has 2 amide bonds. The number of nitrogens with two attached hydrogens (primary N) is 1. The molecule has 2 aromatic carbocycles. The molecule has 2 aromatic rings. The highest BCUT2D eigenvalue weighted by atomic mass is 35.5. The number of amides is 2. The zero-order valence-corrected chi connectivity index (χ0v) is 17.2. The van der Waals surface area contributed by atoms with Crippen LogP contribution in [0.3, 0.4) is 0 Å². The quantitative estimate of drug-likeness (QED) is 0.622. The van der Waals surface area contributed by atoms with E-state index in [2.05, 4.69) is 5.32 Å². The van der Waals surface area contributed by atoms with Crippen molar-refractivity contribution in [3.8, 4) is 5.75 Å². The van der Waals surface area contributed by atoms with Gasteiger partial charge in [0.15, 0.2) is 6.61 Å². The third kappa shape index (κ3) is 7.40. The normalized spacial score (nSPS) is 12.6. The summed E-state index contributed by atoms with van der Waals surface area (Å²) in [6.07, 6.45) is 2.68. The van der Waals surface area contributed by atoms with Crippen LogP contribution in [-0.4, -0.2) is 43.0 Å². The fraction of sp³-hybridized carbons (Fsp3) is 0.364. The molecule has 7 heteroatoms. The molecule has 1 aliphatic carbocycles. The molecule has 0 spiro atoms. The minimum absolute atomic E-state index is 0. The molecule has 0 unspecified atom stereocenters. The number of anilines is 1. The van der Waals surface area contributed by atoms with Crippen molar-refractivity contribution < 1.29 is 14.3 Å². The minimum Gasteiger partial charge on any atom is -0.484 e. The van der Waals surface area contributed by atoms with Crippen molar-refractivity contribution in [3.05, 3.63) is 60.2 Å². The summed E-state index contributed by atoms with van der Waals surface area (Å²) in [7, 11) is 0. The highest BCUT2D eigenvalue weighted by Gasteiger charge is 2.29. The first-order valence-electron chi connectivity index (χ1n) is 9.71. The number of hydrogen-bond acceptors (Lipinski definition) is 4. The summed E-state index contributed by atoms with van der Waals surface area (Å²) in [6, 6.07) is 17.2. The Hall–Kier alpha value is -2.57. The molecule has 0 radical (unpaired) electrons. The van der Waals surface area contributed by atoms with E-state index in [-0.39, 0.29) is 36.7 Å².